The number of aliphatic carboxylic acids is 1. The van der Waals surface area contributed by atoms with Crippen LogP contribution in [0.2, 0.25) is 0 Å². The van der Waals surface area contributed by atoms with E-state index in [0.717, 1.165) is 18.5 Å². The van der Waals surface area contributed by atoms with Crippen LogP contribution in [0.5, 0.6) is 0 Å². The van der Waals surface area contributed by atoms with Gasteiger partial charge in [-0.3, -0.25) is 0 Å². The number of carboxylic acid groups (broad SMARTS) is 1. The van der Waals surface area contributed by atoms with Gasteiger partial charge in [0.05, 0.1) is 18.2 Å². The number of quaternary nitrogens is 1. The first kappa shape index (κ1) is 11.6. The molecule has 0 bridgehead atoms. The fourth-order valence-corrected chi connectivity index (χ4v) is 2.43. The topological polar surface area (TPSA) is 80.5 Å². The number of carbonyl (C=O) groups excluding carboxylic acids is 1. The molecule has 4 heteroatoms. The number of nitriles is 1. The van der Waals surface area contributed by atoms with Crippen molar-refractivity contribution in [3.8, 4) is 6.07 Å². The Kier molecular flexibility index (Phi) is 3.12. The van der Waals surface area contributed by atoms with Crippen LogP contribution in [0.25, 0.3) is 0 Å². The van der Waals surface area contributed by atoms with Crippen molar-refractivity contribution in [1.82, 2.24) is 0 Å². The van der Waals surface area contributed by atoms with Crippen LogP contribution >= 0.6 is 0 Å². The first-order valence-corrected chi connectivity index (χ1v) is 5.71. The molecule has 0 amide bonds. The van der Waals surface area contributed by atoms with Crippen molar-refractivity contribution in [2.45, 2.75) is 24.8 Å². The number of nitrogens with two attached hydrogens (primary N) is 1. The maximum Gasteiger partial charge on any atom is 0.140 e. The molecule has 0 aromatic heterocycles. The van der Waals surface area contributed by atoms with Gasteiger partial charge in [0.15, 0.2) is 0 Å². The van der Waals surface area contributed by atoms with Gasteiger partial charge in [-0.15, -0.1) is 0 Å². The molecule has 88 valence electrons. The third-order valence-electron chi connectivity index (χ3n) is 3.34. The Morgan fingerprint density at radius 2 is 2.41 bits per heavy atom. The zero-order valence-corrected chi connectivity index (χ0v) is 9.48. The molecule has 2 N–H and O–H groups in total. The molecule has 0 radical (unpaired) electrons. The van der Waals surface area contributed by atoms with Crippen molar-refractivity contribution in [2.75, 3.05) is 6.54 Å². The van der Waals surface area contributed by atoms with Crippen molar-refractivity contribution in [2.24, 2.45) is 0 Å². The number of hydrogen-bond acceptors (Lipinski definition) is 3. The summed E-state index contributed by atoms with van der Waals surface area (Å²) in [5.74, 6) is -1.00. The summed E-state index contributed by atoms with van der Waals surface area (Å²) in [6.07, 6.45) is 1.95. The second-order valence-electron chi connectivity index (χ2n) is 4.53. The third kappa shape index (κ3) is 2.29. The quantitative estimate of drug-likeness (QED) is 0.719. The molecular weight excluding hydrogens is 216 g/mol. The van der Waals surface area contributed by atoms with E-state index in [1.54, 1.807) is 18.2 Å². The number of nitrogens with zero attached hydrogens (tertiary/aromatic N) is 1. The van der Waals surface area contributed by atoms with Crippen LogP contribution in [-0.2, 0) is 11.2 Å². The summed E-state index contributed by atoms with van der Waals surface area (Å²) < 4.78 is 0. The lowest BCUT2D eigenvalue weighted by molar-refractivity contribution is -0.700. The maximum atomic E-state index is 11.3. The van der Waals surface area contributed by atoms with Crippen LogP contribution in [0, 0.1) is 11.3 Å². The number of hydrogen-bond donors (Lipinski definition) is 1. The molecule has 1 atom stereocenters. The van der Waals surface area contributed by atoms with E-state index in [1.165, 1.54) is 0 Å². The number of benzene rings is 1. The van der Waals surface area contributed by atoms with Gasteiger partial charge in [-0.2, -0.15) is 5.26 Å². The molecule has 1 aliphatic heterocycles. The molecule has 1 fully saturated rings. The van der Waals surface area contributed by atoms with Crippen molar-refractivity contribution < 1.29 is 15.2 Å². The van der Waals surface area contributed by atoms with E-state index >= 15 is 0 Å². The highest BCUT2D eigenvalue weighted by atomic mass is 16.4. The molecule has 1 aliphatic rings. The van der Waals surface area contributed by atoms with E-state index in [9.17, 15) is 9.90 Å². The Balaban J connectivity index is 2.24. The molecule has 1 aromatic rings. The van der Waals surface area contributed by atoms with Gasteiger partial charge in [0.25, 0.3) is 0 Å². The molecule has 1 aromatic carbocycles. The summed E-state index contributed by atoms with van der Waals surface area (Å²) in [7, 11) is 0. The molecule has 1 saturated heterocycles. The lowest BCUT2D eigenvalue weighted by Crippen LogP contribution is -2.97. The smallest absolute Gasteiger partial charge is 0.140 e. The van der Waals surface area contributed by atoms with Gasteiger partial charge >= 0.3 is 0 Å². The number of carbonyl (C=O) groups is 1. The predicted octanol–water partition coefficient (Wildman–Crippen LogP) is -1.05. The predicted molar refractivity (Wildman–Crippen MR) is 58.6 cm³/mol. The fourth-order valence-electron chi connectivity index (χ4n) is 2.43. The van der Waals surface area contributed by atoms with Gasteiger partial charge < -0.3 is 15.2 Å². The number of rotatable bonds is 3. The van der Waals surface area contributed by atoms with Crippen LogP contribution in [0.4, 0.5) is 0 Å². The highest BCUT2D eigenvalue weighted by Crippen LogP contribution is 2.18. The Morgan fingerprint density at radius 3 is 3.00 bits per heavy atom. The highest BCUT2D eigenvalue weighted by molar-refractivity contribution is 5.75. The summed E-state index contributed by atoms with van der Waals surface area (Å²) in [5.41, 5.74) is 0.606. The standard InChI is InChI=1S/C13H14N2O2/c14-9-11-4-1-3-10(7-11)8-13(12(16)17)5-2-6-15-13/h1,3-4,7,15H,2,5-6,8H2,(H,16,17)/t13-/m1/s1. The summed E-state index contributed by atoms with van der Waals surface area (Å²) in [4.78, 5) is 11.3. The molecular formula is C13H14N2O2. The monoisotopic (exact) mass is 230 g/mol. The van der Waals surface area contributed by atoms with E-state index in [-0.39, 0.29) is 0 Å². The normalized spacial score (nSPS) is 23.2. The van der Waals surface area contributed by atoms with E-state index in [0.29, 0.717) is 18.4 Å². The van der Waals surface area contributed by atoms with Gasteiger partial charge in [-0.25, -0.2) is 0 Å². The van der Waals surface area contributed by atoms with Crippen LogP contribution in [-0.4, -0.2) is 18.1 Å². The summed E-state index contributed by atoms with van der Waals surface area (Å²) in [6.45, 7) is 0.825. The van der Waals surface area contributed by atoms with Gasteiger partial charge in [0.2, 0.25) is 0 Å². The SMILES string of the molecule is N#Cc1cccc(C[C@@]2(C(=O)[O-])CCC[NH2+]2)c1. The third-order valence-corrected chi connectivity index (χ3v) is 3.34. The molecule has 0 aliphatic carbocycles. The van der Waals surface area contributed by atoms with Crippen LogP contribution in [0.15, 0.2) is 24.3 Å². The first-order chi connectivity index (χ1) is 8.16. The molecule has 2 rings (SSSR count). The zero-order chi connectivity index (χ0) is 12.3. The molecule has 1 heterocycles. The lowest BCUT2D eigenvalue weighted by atomic mass is 9.89. The summed E-state index contributed by atoms with van der Waals surface area (Å²) in [5, 5.41) is 21.9. The largest absolute Gasteiger partial charge is 0.544 e. The minimum absolute atomic E-state index is 0.421. The Morgan fingerprint density at radius 1 is 1.59 bits per heavy atom. The first-order valence-electron chi connectivity index (χ1n) is 5.71. The Bertz CT molecular complexity index is 471. The summed E-state index contributed by atoms with van der Waals surface area (Å²) in [6, 6.07) is 9.17. The minimum Gasteiger partial charge on any atom is -0.544 e. The van der Waals surface area contributed by atoms with Crippen molar-refractivity contribution in [1.29, 1.82) is 5.26 Å². The summed E-state index contributed by atoms with van der Waals surface area (Å²) >= 11 is 0. The minimum atomic E-state index is -1.00. The maximum absolute atomic E-state index is 11.3. The fraction of sp³-hybridized carbons (Fsp3) is 0.385. The average molecular weight is 230 g/mol. The molecule has 0 unspecified atom stereocenters. The number of carboxylic acids is 1. The van der Waals surface area contributed by atoms with Gasteiger partial charge in [-0.1, -0.05) is 12.1 Å². The van der Waals surface area contributed by atoms with E-state index in [1.807, 2.05) is 11.4 Å². The van der Waals surface area contributed by atoms with Gasteiger partial charge in [-0.05, 0) is 17.7 Å². The van der Waals surface area contributed by atoms with E-state index < -0.39 is 11.5 Å². The lowest BCUT2D eigenvalue weighted by Gasteiger charge is -2.27. The van der Waals surface area contributed by atoms with Crippen molar-refractivity contribution in [3.05, 3.63) is 35.4 Å². The van der Waals surface area contributed by atoms with Crippen LogP contribution in [0.3, 0.4) is 0 Å². The van der Waals surface area contributed by atoms with E-state index in [4.69, 9.17) is 5.26 Å². The van der Waals surface area contributed by atoms with E-state index in [2.05, 4.69) is 6.07 Å². The second-order valence-corrected chi connectivity index (χ2v) is 4.53. The van der Waals surface area contributed by atoms with Gasteiger partial charge in [0.1, 0.15) is 11.5 Å². The average Bonchev–Trinajstić information content (AvgIpc) is 2.79. The molecule has 0 spiro atoms. The van der Waals surface area contributed by atoms with Crippen LogP contribution < -0.4 is 10.4 Å². The molecule has 0 saturated carbocycles. The van der Waals surface area contributed by atoms with Crippen molar-refractivity contribution >= 4 is 5.97 Å². The second kappa shape index (κ2) is 4.56. The van der Waals surface area contributed by atoms with Gasteiger partial charge in [0, 0.05) is 19.3 Å². The van der Waals surface area contributed by atoms with Crippen LogP contribution in [0.1, 0.15) is 24.0 Å². The highest BCUT2D eigenvalue weighted by Gasteiger charge is 2.39. The molecule has 17 heavy (non-hydrogen) atoms. The Hall–Kier alpha value is -1.86. The molecule has 4 nitrogen and oxygen atoms in total. The zero-order valence-electron chi connectivity index (χ0n) is 9.48. The van der Waals surface area contributed by atoms with Crippen molar-refractivity contribution in [3.63, 3.8) is 0 Å². The Labute approximate surface area is 99.9 Å².